The van der Waals surface area contributed by atoms with Crippen molar-refractivity contribution < 1.29 is 9.53 Å². The molecule has 0 radical (unpaired) electrons. The first-order valence-corrected chi connectivity index (χ1v) is 10.6. The topological polar surface area (TPSA) is 69.0 Å². The van der Waals surface area contributed by atoms with Crippen LogP contribution in [0.5, 0.6) is 5.75 Å². The molecule has 6 heteroatoms. The summed E-state index contributed by atoms with van der Waals surface area (Å²) in [4.78, 5) is 11.1. The van der Waals surface area contributed by atoms with Gasteiger partial charge in [0.15, 0.2) is 5.82 Å². The highest BCUT2D eigenvalue weighted by molar-refractivity contribution is 5.71. The molecule has 2 aromatic rings. The smallest absolute Gasteiger partial charge is 0.152 e. The Balaban J connectivity index is 1.41. The van der Waals surface area contributed by atoms with Crippen LogP contribution in [0.3, 0.4) is 0 Å². The van der Waals surface area contributed by atoms with Crippen molar-refractivity contribution in [2.45, 2.75) is 57.5 Å². The Labute approximate surface area is 166 Å². The Kier molecular flexibility index (Phi) is 5.93. The van der Waals surface area contributed by atoms with E-state index < -0.39 is 0 Å². The van der Waals surface area contributed by atoms with Crippen molar-refractivity contribution in [3.63, 3.8) is 0 Å². The maximum absolute atomic E-state index is 11.1. The van der Waals surface area contributed by atoms with Crippen molar-refractivity contribution in [1.29, 1.82) is 0 Å². The molecule has 2 atom stereocenters. The van der Waals surface area contributed by atoms with Crippen molar-refractivity contribution in [2.75, 3.05) is 11.9 Å². The monoisotopic (exact) mass is 382 g/mol. The molecule has 1 aromatic heterocycles. The van der Waals surface area contributed by atoms with Crippen LogP contribution in [-0.4, -0.2) is 33.9 Å². The standard InChI is InChI=1S/C22H30N4O2/c1-26-22(23-14-16-5-2-3-6-16)21(24-25-26)18-9-11-19(12-10-18)28-20-8-4-7-17(13-20)15-27/h9-12,15-17,20,23H,2-8,13-14H2,1H3/t17-,20?/m0/s1. The number of aldehydes is 1. The summed E-state index contributed by atoms with van der Waals surface area (Å²) in [5.41, 5.74) is 1.91. The number of rotatable bonds is 7. The Morgan fingerprint density at radius 2 is 1.93 bits per heavy atom. The van der Waals surface area contributed by atoms with E-state index in [1.165, 1.54) is 25.7 Å². The number of nitrogens with one attached hydrogen (secondary N) is 1. The van der Waals surface area contributed by atoms with Crippen LogP contribution in [0, 0.1) is 11.8 Å². The first-order chi connectivity index (χ1) is 13.7. The van der Waals surface area contributed by atoms with Crippen LogP contribution in [0.4, 0.5) is 5.82 Å². The molecular formula is C22H30N4O2. The zero-order chi connectivity index (χ0) is 19.3. The highest BCUT2D eigenvalue weighted by Gasteiger charge is 2.23. The molecule has 1 heterocycles. The summed E-state index contributed by atoms with van der Waals surface area (Å²) in [7, 11) is 1.93. The summed E-state index contributed by atoms with van der Waals surface area (Å²) in [5, 5.41) is 12.1. The van der Waals surface area contributed by atoms with Crippen molar-refractivity contribution in [3.8, 4) is 17.0 Å². The van der Waals surface area contributed by atoms with Gasteiger partial charge in [-0.1, -0.05) is 18.1 Å². The third-order valence-corrected chi connectivity index (χ3v) is 6.15. The maximum Gasteiger partial charge on any atom is 0.152 e. The van der Waals surface area contributed by atoms with E-state index in [0.29, 0.717) is 0 Å². The Morgan fingerprint density at radius 1 is 1.14 bits per heavy atom. The third kappa shape index (κ3) is 4.37. The molecule has 0 saturated heterocycles. The second-order valence-corrected chi connectivity index (χ2v) is 8.27. The van der Waals surface area contributed by atoms with Crippen LogP contribution in [0.1, 0.15) is 51.4 Å². The van der Waals surface area contributed by atoms with E-state index in [1.54, 1.807) is 0 Å². The summed E-state index contributed by atoms with van der Waals surface area (Å²) in [5.74, 6) is 2.72. The van der Waals surface area contributed by atoms with Gasteiger partial charge in [0.2, 0.25) is 0 Å². The molecule has 2 saturated carbocycles. The molecule has 0 amide bonds. The van der Waals surface area contributed by atoms with Crippen molar-refractivity contribution in [2.24, 2.45) is 18.9 Å². The SMILES string of the molecule is Cn1nnc(-c2ccc(OC3CCC[C@H](C=O)C3)cc2)c1NCC1CCCC1. The van der Waals surface area contributed by atoms with E-state index in [4.69, 9.17) is 4.74 Å². The Hall–Kier alpha value is -2.37. The molecule has 0 bridgehead atoms. The lowest BCUT2D eigenvalue weighted by Crippen LogP contribution is -2.25. The fraction of sp³-hybridized carbons (Fsp3) is 0.591. The highest BCUT2D eigenvalue weighted by atomic mass is 16.5. The van der Waals surface area contributed by atoms with Crippen LogP contribution in [0.2, 0.25) is 0 Å². The number of aromatic nitrogens is 3. The number of ether oxygens (including phenoxy) is 1. The van der Waals surface area contributed by atoms with Crippen molar-refractivity contribution in [1.82, 2.24) is 15.0 Å². The minimum Gasteiger partial charge on any atom is -0.490 e. The highest BCUT2D eigenvalue weighted by Crippen LogP contribution is 2.31. The summed E-state index contributed by atoms with van der Waals surface area (Å²) in [6.45, 7) is 0.981. The van der Waals surface area contributed by atoms with E-state index in [-0.39, 0.29) is 12.0 Å². The number of nitrogens with zero attached hydrogens (tertiary/aromatic N) is 3. The Bertz CT molecular complexity index is 780. The van der Waals surface area contributed by atoms with E-state index in [0.717, 1.165) is 67.3 Å². The van der Waals surface area contributed by atoms with Crippen molar-refractivity contribution in [3.05, 3.63) is 24.3 Å². The normalized spacial score (nSPS) is 22.9. The van der Waals surface area contributed by atoms with Crippen LogP contribution in [0.15, 0.2) is 24.3 Å². The average Bonchev–Trinajstić information content (AvgIpc) is 3.37. The van der Waals surface area contributed by atoms with E-state index in [2.05, 4.69) is 15.6 Å². The zero-order valence-corrected chi connectivity index (χ0v) is 16.6. The molecular weight excluding hydrogens is 352 g/mol. The number of carbonyl (C=O) groups excluding carboxylic acids is 1. The van der Waals surface area contributed by atoms with Crippen LogP contribution >= 0.6 is 0 Å². The van der Waals surface area contributed by atoms with E-state index in [1.807, 2.05) is 36.0 Å². The zero-order valence-electron chi connectivity index (χ0n) is 16.6. The molecule has 1 N–H and O–H groups in total. The molecule has 2 aliphatic rings. The Morgan fingerprint density at radius 3 is 2.68 bits per heavy atom. The average molecular weight is 383 g/mol. The predicted molar refractivity (Wildman–Crippen MR) is 109 cm³/mol. The number of carbonyl (C=O) groups is 1. The molecule has 0 aliphatic heterocycles. The summed E-state index contributed by atoms with van der Waals surface area (Å²) >= 11 is 0. The van der Waals surface area contributed by atoms with Gasteiger partial charge in [0.1, 0.15) is 17.7 Å². The lowest BCUT2D eigenvalue weighted by molar-refractivity contribution is -0.112. The number of anilines is 1. The molecule has 2 aliphatic carbocycles. The van der Waals surface area contributed by atoms with Gasteiger partial charge in [-0.3, -0.25) is 0 Å². The summed E-state index contributed by atoms with van der Waals surface area (Å²) < 4.78 is 7.93. The van der Waals surface area contributed by atoms with Crippen LogP contribution in [0.25, 0.3) is 11.3 Å². The molecule has 150 valence electrons. The van der Waals surface area contributed by atoms with Gasteiger partial charge < -0.3 is 14.8 Å². The first-order valence-electron chi connectivity index (χ1n) is 10.6. The van der Waals surface area contributed by atoms with Gasteiger partial charge in [0.25, 0.3) is 0 Å². The van der Waals surface area contributed by atoms with E-state index >= 15 is 0 Å². The van der Waals surface area contributed by atoms with Gasteiger partial charge in [-0.2, -0.15) is 0 Å². The van der Waals surface area contributed by atoms with Gasteiger partial charge in [0, 0.05) is 25.1 Å². The van der Waals surface area contributed by atoms with E-state index in [9.17, 15) is 4.79 Å². The summed E-state index contributed by atoms with van der Waals surface area (Å²) in [6, 6.07) is 8.07. The molecule has 0 spiro atoms. The fourth-order valence-corrected chi connectivity index (χ4v) is 4.50. The summed E-state index contributed by atoms with van der Waals surface area (Å²) in [6.07, 6.45) is 10.4. The molecule has 4 rings (SSSR count). The molecule has 6 nitrogen and oxygen atoms in total. The second kappa shape index (κ2) is 8.76. The van der Waals surface area contributed by atoms with Crippen molar-refractivity contribution >= 4 is 12.1 Å². The van der Waals surface area contributed by atoms with Gasteiger partial charge in [-0.05, 0) is 68.7 Å². The largest absolute Gasteiger partial charge is 0.490 e. The minimum atomic E-state index is 0.134. The quantitative estimate of drug-likeness (QED) is 0.726. The van der Waals surface area contributed by atoms with Crippen LogP contribution in [-0.2, 0) is 11.8 Å². The number of aryl methyl sites for hydroxylation is 1. The third-order valence-electron chi connectivity index (χ3n) is 6.15. The molecule has 28 heavy (non-hydrogen) atoms. The predicted octanol–water partition coefficient (Wildman–Crippen LogP) is 4.22. The first kappa shape index (κ1) is 19.0. The fourth-order valence-electron chi connectivity index (χ4n) is 4.50. The number of benzene rings is 1. The number of hydrogen-bond donors (Lipinski definition) is 1. The lowest BCUT2D eigenvalue weighted by Gasteiger charge is -2.26. The van der Waals surface area contributed by atoms with Crippen LogP contribution < -0.4 is 10.1 Å². The van der Waals surface area contributed by atoms with Gasteiger partial charge in [-0.15, -0.1) is 5.10 Å². The molecule has 2 fully saturated rings. The van der Waals surface area contributed by atoms with Gasteiger partial charge in [0.05, 0.1) is 6.10 Å². The number of hydrogen-bond acceptors (Lipinski definition) is 5. The molecule has 1 aromatic carbocycles. The minimum absolute atomic E-state index is 0.134. The lowest BCUT2D eigenvalue weighted by atomic mass is 9.88. The van der Waals surface area contributed by atoms with Gasteiger partial charge in [-0.25, -0.2) is 4.68 Å². The maximum atomic E-state index is 11.1. The second-order valence-electron chi connectivity index (χ2n) is 8.27. The molecule has 1 unspecified atom stereocenters. The van der Waals surface area contributed by atoms with Gasteiger partial charge >= 0.3 is 0 Å².